The minimum Gasteiger partial charge on any atom is -0.336 e. The summed E-state index contributed by atoms with van der Waals surface area (Å²) in [5.74, 6) is 0. The molecule has 3 heterocycles. The molecule has 30 heavy (non-hydrogen) atoms. The number of pyridine rings is 2. The summed E-state index contributed by atoms with van der Waals surface area (Å²) in [5.41, 5.74) is 5.49. The zero-order valence-electron chi connectivity index (χ0n) is 18.2. The lowest BCUT2D eigenvalue weighted by Gasteiger charge is -2.19. The minimum atomic E-state index is 0. The van der Waals surface area contributed by atoms with Gasteiger partial charge in [0.25, 0.3) is 0 Å². The number of allylic oxidation sites excluding steroid dienone is 1. The first-order valence-corrected chi connectivity index (χ1v) is 10.7. The highest BCUT2D eigenvalue weighted by molar-refractivity contribution is 6.16. The highest BCUT2D eigenvalue weighted by Gasteiger charge is 2.21. The third-order valence-electron chi connectivity index (χ3n) is 5.49. The Kier molecular flexibility index (Phi) is 7.93. The molecule has 0 saturated heterocycles. The summed E-state index contributed by atoms with van der Waals surface area (Å²) < 4.78 is 2.42. The molecular weight excluding hydrogens is 366 g/mol. The van der Waals surface area contributed by atoms with Crippen LogP contribution in [0.2, 0.25) is 0 Å². The van der Waals surface area contributed by atoms with Crippen molar-refractivity contribution in [3.05, 3.63) is 60.6 Å². The van der Waals surface area contributed by atoms with Crippen LogP contribution in [0.5, 0.6) is 0 Å². The van der Waals surface area contributed by atoms with E-state index in [4.69, 9.17) is 4.98 Å². The van der Waals surface area contributed by atoms with E-state index in [1.54, 1.807) is 0 Å². The van der Waals surface area contributed by atoms with Gasteiger partial charge in [-0.1, -0.05) is 72.1 Å². The number of hydrogen-bond donors (Lipinski definition) is 0. The lowest BCUT2D eigenvalue weighted by molar-refractivity contribution is 0.483. The number of rotatable bonds is 5. The predicted octanol–water partition coefficient (Wildman–Crippen LogP) is 8.44. The van der Waals surface area contributed by atoms with Crippen molar-refractivity contribution in [2.45, 2.75) is 60.9 Å². The summed E-state index contributed by atoms with van der Waals surface area (Å²) in [4.78, 5) is 9.46. The van der Waals surface area contributed by atoms with Crippen molar-refractivity contribution in [3.63, 3.8) is 0 Å². The van der Waals surface area contributed by atoms with Crippen LogP contribution >= 0.6 is 0 Å². The molecule has 0 spiro atoms. The van der Waals surface area contributed by atoms with Crippen LogP contribution in [0.25, 0.3) is 44.9 Å². The maximum absolute atomic E-state index is 4.86. The number of nitrogens with zero attached hydrogens (tertiary/aromatic N) is 3. The molecule has 0 N–H and O–H groups in total. The van der Waals surface area contributed by atoms with E-state index in [-0.39, 0.29) is 7.43 Å². The Labute approximate surface area is 181 Å². The third-order valence-corrected chi connectivity index (χ3v) is 5.49. The summed E-state index contributed by atoms with van der Waals surface area (Å²) in [7, 11) is 0. The van der Waals surface area contributed by atoms with Crippen LogP contribution in [0.3, 0.4) is 0 Å². The van der Waals surface area contributed by atoms with E-state index >= 15 is 0 Å². The molecular formula is C27H35N3. The van der Waals surface area contributed by atoms with E-state index in [0.717, 1.165) is 34.6 Å². The van der Waals surface area contributed by atoms with Crippen LogP contribution in [0.15, 0.2) is 49.3 Å². The van der Waals surface area contributed by atoms with Crippen LogP contribution in [-0.4, -0.2) is 14.5 Å². The lowest BCUT2D eigenvalue weighted by Crippen LogP contribution is -2.08. The van der Waals surface area contributed by atoms with Gasteiger partial charge in [-0.3, -0.25) is 9.97 Å². The van der Waals surface area contributed by atoms with Crippen LogP contribution < -0.4 is 0 Å². The Morgan fingerprint density at radius 3 is 2.43 bits per heavy atom. The van der Waals surface area contributed by atoms with E-state index in [9.17, 15) is 0 Å². The van der Waals surface area contributed by atoms with Crippen molar-refractivity contribution in [1.82, 2.24) is 14.5 Å². The minimum absolute atomic E-state index is 0. The molecule has 0 aliphatic carbocycles. The molecule has 158 valence electrons. The molecule has 0 atom stereocenters. The van der Waals surface area contributed by atoms with Gasteiger partial charge in [-0.05, 0) is 31.9 Å². The summed E-state index contributed by atoms with van der Waals surface area (Å²) in [6.07, 6.45) is 12.3. The second kappa shape index (κ2) is 10.2. The van der Waals surface area contributed by atoms with Crippen LogP contribution in [-0.2, 0) is 0 Å². The Balaban J connectivity index is 0.00000104. The lowest BCUT2D eigenvalue weighted by atomic mass is 10.0. The largest absolute Gasteiger partial charge is 0.336 e. The molecule has 0 amide bonds. The van der Waals surface area contributed by atoms with Gasteiger partial charge in [0.2, 0.25) is 0 Å². The van der Waals surface area contributed by atoms with Gasteiger partial charge in [-0.15, -0.1) is 0 Å². The van der Waals surface area contributed by atoms with E-state index < -0.39 is 0 Å². The van der Waals surface area contributed by atoms with E-state index in [1.807, 2.05) is 38.4 Å². The summed E-state index contributed by atoms with van der Waals surface area (Å²) >= 11 is 0. The number of fused-ring (bicyclic) bond motifs is 5. The van der Waals surface area contributed by atoms with Crippen molar-refractivity contribution >= 4 is 44.9 Å². The zero-order valence-corrected chi connectivity index (χ0v) is 18.2. The SMILES string of the molecule is C.C=Cc1c(/C=C\C)c2c3ccc4cccnc4c3ncc2n1C(CC)CC.CC. The normalized spacial score (nSPS) is 11.1. The van der Waals surface area contributed by atoms with Crippen LogP contribution in [0.1, 0.15) is 72.2 Å². The monoisotopic (exact) mass is 401 g/mol. The van der Waals surface area contributed by atoms with E-state index in [0.29, 0.717) is 6.04 Å². The highest BCUT2D eigenvalue weighted by atomic mass is 15.0. The predicted molar refractivity (Wildman–Crippen MR) is 135 cm³/mol. The van der Waals surface area contributed by atoms with Crippen LogP contribution in [0.4, 0.5) is 0 Å². The van der Waals surface area contributed by atoms with Crippen molar-refractivity contribution in [2.24, 2.45) is 0 Å². The van der Waals surface area contributed by atoms with Gasteiger partial charge in [-0.25, -0.2) is 0 Å². The van der Waals surface area contributed by atoms with Gasteiger partial charge in [0.05, 0.1) is 22.7 Å². The molecule has 0 radical (unpaired) electrons. The number of benzene rings is 1. The molecule has 0 unspecified atom stereocenters. The Hall–Kier alpha value is -2.94. The summed E-state index contributed by atoms with van der Waals surface area (Å²) in [6, 6.07) is 8.82. The first-order valence-electron chi connectivity index (χ1n) is 10.7. The summed E-state index contributed by atoms with van der Waals surface area (Å²) in [5, 5.41) is 3.51. The number of hydrogen-bond acceptors (Lipinski definition) is 2. The van der Waals surface area contributed by atoms with Gasteiger partial charge in [0.15, 0.2) is 0 Å². The van der Waals surface area contributed by atoms with Gasteiger partial charge in [-0.2, -0.15) is 0 Å². The van der Waals surface area contributed by atoms with Gasteiger partial charge >= 0.3 is 0 Å². The van der Waals surface area contributed by atoms with Crippen molar-refractivity contribution in [1.29, 1.82) is 0 Å². The first-order chi connectivity index (χ1) is 14.2. The Morgan fingerprint density at radius 1 is 1.07 bits per heavy atom. The fourth-order valence-corrected chi connectivity index (χ4v) is 4.23. The number of aromatic nitrogens is 3. The molecule has 0 fully saturated rings. The van der Waals surface area contributed by atoms with Gasteiger partial charge < -0.3 is 4.57 Å². The topological polar surface area (TPSA) is 30.7 Å². The van der Waals surface area contributed by atoms with Gasteiger partial charge in [0.1, 0.15) is 0 Å². The van der Waals surface area contributed by atoms with Crippen molar-refractivity contribution < 1.29 is 0 Å². The third kappa shape index (κ3) is 3.65. The summed E-state index contributed by atoms with van der Waals surface area (Å²) in [6.45, 7) is 14.7. The van der Waals surface area contributed by atoms with Crippen LogP contribution in [0, 0.1) is 0 Å². The van der Waals surface area contributed by atoms with E-state index in [2.05, 4.69) is 67.3 Å². The fraction of sp³-hybridized carbons (Fsp3) is 0.333. The average Bonchev–Trinajstić information content (AvgIpc) is 3.10. The van der Waals surface area contributed by atoms with Crippen molar-refractivity contribution in [3.8, 4) is 0 Å². The standard InChI is InChI=1S/C24H25N3.C2H6.CH4/c1-5-10-18-20(8-4)27(17(6-2)7-3)21-15-26-24-19(22(18)21)13-12-16-11-9-14-25-23(16)24;1-2;/h5,8-15,17H,4,6-7H2,1-3H3;1-2H3;1H4/b10-5-;;. The maximum Gasteiger partial charge on any atom is 0.0972 e. The molecule has 0 aliphatic heterocycles. The Morgan fingerprint density at radius 2 is 1.80 bits per heavy atom. The molecule has 4 rings (SSSR count). The van der Waals surface area contributed by atoms with Gasteiger partial charge in [0, 0.05) is 39.7 Å². The molecule has 3 nitrogen and oxygen atoms in total. The van der Waals surface area contributed by atoms with E-state index in [1.165, 1.54) is 22.2 Å². The highest BCUT2D eigenvalue weighted by Crippen LogP contribution is 2.38. The Bertz CT molecular complexity index is 1180. The zero-order chi connectivity index (χ0) is 21.0. The fourth-order valence-electron chi connectivity index (χ4n) is 4.23. The quantitative estimate of drug-likeness (QED) is 0.314. The molecule has 0 saturated carbocycles. The molecule has 4 aromatic rings. The molecule has 0 bridgehead atoms. The molecule has 1 aromatic carbocycles. The second-order valence-corrected chi connectivity index (χ2v) is 6.90. The maximum atomic E-state index is 4.86. The smallest absolute Gasteiger partial charge is 0.0972 e. The second-order valence-electron chi connectivity index (χ2n) is 6.90. The molecule has 0 aliphatic rings. The molecule has 3 aromatic heterocycles. The average molecular weight is 402 g/mol. The molecule has 3 heteroatoms. The first kappa shape index (κ1) is 23.3. The van der Waals surface area contributed by atoms with Crippen molar-refractivity contribution in [2.75, 3.05) is 0 Å².